The minimum Gasteiger partial charge on any atom is -0.513 e. The van der Waals surface area contributed by atoms with Crippen LogP contribution in [0.5, 0.6) is 0 Å². The molecule has 0 amide bonds. The van der Waals surface area contributed by atoms with Gasteiger partial charge in [-0.1, -0.05) is 23.5 Å². The van der Waals surface area contributed by atoms with Crippen LogP contribution in [0.15, 0.2) is 17.5 Å². The summed E-state index contributed by atoms with van der Waals surface area (Å²) in [5, 5.41) is 50.5. The van der Waals surface area contributed by atoms with E-state index in [-0.39, 0.29) is 23.6 Å². The minimum atomic E-state index is -4.87. The third kappa shape index (κ3) is 6.52. The Morgan fingerprint density at radius 3 is 2.33 bits per heavy atom. The number of hydrogen-bond acceptors (Lipinski definition) is 11. The summed E-state index contributed by atoms with van der Waals surface area (Å²) in [6.45, 7) is 2.61. The molecule has 1 rings (SSSR count). The zero-order chi connectivity index (χ0) is 18.5. The van der Waals surface area contributed by atoms with Crippen molar-refractivity contribution in [3.8, 4) is 0 Å². The molecule has 0 spiro atoms. The second-order valence-electron chi connectivity index (χ2n) is 4.87. The smallest absolute Gasteiger partial charge is 0.466 e. The van der Waals surface area contributed by atoms with Gasteiger partial charge in [-0.3, -0.25) is 4.55 Å². The maximum absolute atomic E-state index is 10.6. The van der Waals surface area contributed by atoms with Crippen molar-refractivity contribution < 1.29 is 47.5 Å². The summed E-state index contributed by atoms with van der Waals surface area (Å²) in [5.74, 6) is -0.232. The van der Waals surface area contributed by atoms with E-state index < -0.39 is 46.9 Å². The van der Waals surface area contributed by atoms with Crippen LogP contribution in [0.4, 0.5) is 0 Å². The van der Waals surface area contributed by atoms with E-state index in [2.05, 4.69) is 16.0 Å². The number of nitrogens with zero attached hydrogens (tertiary/aromatic N) is 1. The van der Waals surface area contributed by atoms with Crippen molar-refractivity contribution in [3.63, 3.8) is 0 Å². The molecule has 11 nitrogen and oxygen atoms in total. The van der Waals surface area contributed by atoms with Crippen molar-refractivity contribution in [2.75, 3.05) is 6.61 Å². The van der Waals surface area contributed by atoms with Gasteiger partial charge in [0.15, 0.2) is 0 Å². The van der Waals surface area contributed by atoms with E-state index in [1.54, 1.807) is 0 Å². The van der Waals surface area contributed by atoms with E-state index >= 15 is 0 Å². The summed E-state index contributed by atoms with van der Waals surface area (Å²) in [7, 11) is -4.87. The Hall–Kier alpha value is -0.930. The van der Waals surface area contributed by atoms with E-state index in [1.165, 1.54) is 0 Å². The number of oxime groups is 1. The number of rotatable bonds is 7. The van der Waals surface area contributed by atoms with E-state index in [9.17, 15) is 23.7 Å². The highest BCUT2D eigenvalue weighted by Crippen LogP contribution is 2.30. The SMILES string of the molecule is C=C(O)CC/C(=N\OS(=O)(=O)O)S[C@@H]1O[C@H](CO)[C@@H](O)[C@H](O)[C@H]1O. The summed E-state index contributed by atoms with van der Waals surface area (Å²) in [4.78, 5) is 0. The van der Waals surface area contributed by atoms with Gasteiger partial charge in [-0.2, -0.15) is 8.42 Å². The normalized spacial score (nSPS) is 31.7. The van der Waals surface area contributed by atoms with Gasteiger partial charge in [0.05, 0.1) is 12.4 Å². The fourth-order valence-electron chi connectivity index (χ4n) is 1.76. The highest BCUT2D eigenvalue weighted by Gasteiger charge is 2.44. The molecule has 0 bridgehead atoms. The Bertz CT molecular complexity index is 563. The standard InChI is InChI=1S/C11H19NO10S2/c1-5(14)2-3-7(12-22-24(18,19)20)23-11-10(17)9(16)8(15)6(4-13)21-11/h6,8-11,13-17H,1-4H2,(H,18,19,20)/b12-7+/t6-,8-,9+,10-,11+/m1/s1. The Labute approximate surface area is 142 Å². The number of thioether (sulfide) groups is 1. The second-order valence-corrected chi connectivity index (χ2v) is 7.04. The summed E-state index contributed by atoms with van der Waals surface area (Å²) in [6, 6.07) is 0. The van der Waals surface area contributed by atoms with Crippen LogP contribution in [0.3, 0.4) is 0 Å². The van der Waals surface area contributed by atoms with Crippen LogP contribution in [-0.2, 0) is 19.4 Å². The van der Waals surface area contributed by atoms with Crippen LogP contribution >= 0.6 is 11.8 Å². The largest absolute Gasteiger partial charge is 0.513 e. The molecule has 1 fully saturated rings. The molecule has 140 valence electrons. The summed E-state index contributed by atoms with van der Waals surface area (Å²) in [6.07, 6.45) is -6.01. The maximum Gasteiger partial charge on any atom is 0.466 e. The molecule has 0 radical (unpaired) electrons. The maximum atomic E-state index is 10.6. The zero-order valence-electron chi connectivity index (χ0n) is 12.3. The van der Waals surface area contributed by atoms with Gasteiger partial charge < -0.3 is 30.3 Å². The summed E-state index contributed by atoms with van der Waals surface area (Å²) >= 11 is 0.624. The average molecular weight is 389 g/mol. The number of allylic oxidation sites excluding steroid dienone is 1. The molecular formula is C11H19NO10S2. The predicted octanol–water partition coefficient (Wildman–Crippen LogP) is -1.50. The molecule has 1 saturated heterocycles. The molecule has 0 aliphatic carbocycles. The number of hydrogen-bond donors (Lipinski definition) is 6. The highest BCUT2D eigenvalue weighted by molar-refractivity contribution is 8.14. The topological polar surface area (TPSA) is 186 Å². The van der Waals surface area contributed by atoms with Gasteiger partial charge in [0.2, 0.25) is 0 Å². The lowest BCUT2D eigenvalue weighted by atomic mass is 10.0. The Morgan fingerprint density at radius 1 is 1.21 bits per heavy atom. The molecule has 24 heavy (non-hydrogen) atoms. The van der Waals surface area contributed by atoms with Gasteiger partial charge >= 0.3 is 10.4 Å². The molecule has 1 aliphatic rings. The third-order valence-electron chi connectivity index (χ3n) is 2.96. The Morgan fingerprint density at radius 2 is 1.83 bits per heavy atom. The van der Waals surface area contributed by atoms with Crippen molar-refractivity contribution in [1.82, 2.24) is 0 Å². The van der Waals surface area contributed by atoms with E-state index in [1.807, 2.05) is 0 Å². The molecule has 0 aromatic carbocycles. The first-order chi connectivity index (χ1) is 11.0. The first-order valence-corrected chi connectivity index (χ1v) is 8.86. The van der Waals surface area contributed by atoms with Gasteiger partial charge in [-0.15, -0.1) is 0 Å². The molecule has 0 aromatic rings. The van der Waals surface area contributed by atoms with E-state index in [0.29, 0.717) is 11.8 Å². The Balaban J connectivity index is 2.88. The fraction of sp³-hybridized carbons (Fsp3) is 0.727. The summed E-state index contributed by atoms with van der Waals surface area (Å²) in [5.41, 5.74) is -1.23. The van der Waals surface area contributed by atoms with Crippen molar-refractivity contribution in [1.29, 1.82) is 0 Å². The van der Waals surface area contributed by atoms with Crippen LogP contribution in [0, 0.1) is 0 Å². The molecule has 1 aliphatic heterocycles. The Kier molecular flexibility index (Phi) is 7.88. The summed E-state index contributed by atoms with van der Waals surface area (Å²) < 4.78 is 38.8. The first kappa shape index (κ1) is 21.1. The lowest BCUT2D eigenvalue weighted by molar-refractivity contribution is -0.205. The van der Waals surface area contributed by atoms with Gasteiger partial charge in [0.25, 0.3) is 0 Å². The predicted molar refractivity (Wildman–Crippen MR) is 82.4 cm³/mol. The highest BCUT2D eigenvalue weighted by atomic mass is 32.3. The monoisotopic (exact) mass is 389 g/mol. The van der Waals surface area contributed by atoms with Crippen LogP contribution in [0.2, 0.25) is 0 Å². The molecule has 0 unspecified atom stereocenters. The van der Waals surface area contributed by atoms with Gasteiger partial charge in [0, 0.05) is 12.8 Å². The number of aliphatic hydroxyl groups is 5. The molecule has 0 saturated carbocycles. The van der Waals surface area contributed by atoms with Crippen LogP contribution in [0.25, 0.3) is 0 Å². The zero-order valence-corrected chi connectivity index (χ0v) is 13.9. The quantitative estimate of drug-likeness (QED) is 0.0978. The van der Waals surface area contributed by atoms with Crippen molar-refractivity contribution in [2.24, 2.45) is 5.16 Å². The molecule has 1 heterocycles. The number of aliphatic hydroxyl groups excluding tert-OH is 5. The van der Waals surface area contributed by atoms with E-state index in [4.69, 9.17) is 19.5 Å². The van der Waals surface area contributed by atoms with Crippen molar-refractivity contribution in [3.05, 3.63) is 12.3 Å². The average Bonchev–Trinajstić information content (AvgIpc) is 2.49. The van der Waals surface area contributed by atoms with Crippen molar-refractivity contribution in [2.45, 2.75) is 42.7 Å². The van der Waals surface area contributed by atoms with Gasteiger partial charge in [-0.05, 0) is 0 Å². The lowest BCUT2D eigenvalue weighted by Gasteiger charge is -2.39. The molecule has 13 heteroatoms. The third-order valence-corrected chi connectivity index (χ3v) is 4.40. The lowest BCUT2D eigenvalue weighted by Crippen LogP contribution is -2.57. The van der Waals surface area contributed by atoms with Gasteiger partial charge in [0.1, 0.15) is 34.9 Å². The molecule has 6 N–H and O–H groups in total. The molecule has 5 atom stereocenters. The van der Waals surface area contributed by atoms with E-state index in [0.717, 1.165) is 0 Å². The fourth-order valence-corrected chi connectivity index (χ4v) is 3.06. The van der Waals surface area contributed by atoms with Gasteiger partial charge in [-0.25, -0.2) is 4.28 Å². The minimum absolute atomic E-state index is 0.0297. The van der Waals surface area contributed by atoms with Crippen LogP contribution in [0.1, 0.15) is 12.8 Å². The van der Waals surface area contributed by atoms with Crippen LogP contribution < -0.4 is 0 Å². The molecular weight excluding hydrogens is 370 g/mol. The van der Waals surface area contributed by atoms with Crippen molar-refractivity contribution >= 4 is 27.2 Å². The van der Waals surface area contributed by atoms with Crippen LogP contribution in [-0.4, -0.2) is 80.0 Å². The second kappa shape index (κ2) is 8.96. The first-order valence-electron chi connectivity index (χ1n) is 6.62. The molecule has 0 aromatic heterocycles. The number of ether oxygens (including phenoxy) is 1.